The monoisotopic (exact) mass is 623 g/mol. The van der Waals surface area contributed by atoms with Crippen molar-refractivity contribution in [3.05, 3.63) is 112 Å². The third-order valence-electron chi connectivity index (χ3n) is 9.96. The van der Waals surface area contributed by atoms with Crippen LogP contribution in [0.1, 0.15) is 115 Å². The largest absolute Gasteiger partial charge is 0.481 e. The van der Waals surface area contributed by atoms with Gasteiger partial charge in [0.1, 0.15) is 0 Å². The highest BCUT2D eigenvalue weighted by Crippen LogP contribution is 2.35. The predicted molar refractivity (Wildman–Crippen MR) is 188 cm³/mol. The normalized spacial score (nSPS) is 19.3. The Hall–Kier alpha value is -3.70. The van der Waals surface area contributed by atoms with Gasteiger partial charge in [0.15, 0.2) is 0 Å². The summed E-state index contributed by atoms with van der Waals surface area (Å²) in [5, 5.41) is 18.3. The second-order valence-corrected chi connectivity index (χ2v) is 13.1. The van der Waals surface area contributed by atoms with E-state index in [4.69, 9.17) is 5.11 Å². The fourth-order valence-corrected chi connectivity index (χ4v) is 7.07. The number of benzene rings is 3. The second kappa shape index (κ2) is 18.4. The molecule has 0 aromatic heterocycles. The van der Waals surface area contributed by atoms with E-state index < -0.39 is 11.9 Å². The molecule has 1 fully saturated rings. The number of carboxylic acids is 2. The molecule has 0 aliphatic heterocycles. The van der Waals surface area contributed by atoms with Crippen molar-refractivity contribution in [3.8, 4) is 0 Å². The van der Waals surface area contributed by atoms with E-state index in [1.165, 1.54) is 54.4 Å². The lowest BCUT2D eigenvalue weighted by Gasteiger charge is -2.36. The van der Waals surface area contributed by atoms with Gasteiger partial charge in [-0.3, -0.25) is 9.69 Å². The summed E-state index contributed by atoms with van der Waals surface area (Å²) < 4.78 is 0. The molecule has 246 valence electrons. The van der Waals surface area contributed by atoms with E-state index in [9.17, 15) is 14.7 Å². The van der Waals surface area contributed by atoms with Crippen LogP contribution in [-0.2, 0) is 17.6 Å². The van der Waals surface area contributed by atoms with Crippen LogP contribution in [0, 0.1) is 18.8 Å². The molecular weight excluding hydrogens is 570 g/mol. The summed E-state index contributed by atoms with van der Waals surface area (Å²) in [4.78, 5) is 24.7. The molecule has 5 heteroatoms. The van der Waals surface area contributed by atoms with Crippen LogP contribution in [0.15, 0.2) is 78.9 Å². The van der Waals surface area contributed by atoms with Gasteiger partial charge in [0.25, 0.3) is 0 Å². The van der Waals surface area contributed by atoms with Crippen molar-refractivity contribution in [2.75, 3.05) is 13.1 Å². The van der Waals surface area contributed by atoms with Crippen LogP contribution in [0.2, 0.25) is 0 Å². The number of carbonyl (C=O) groups is 2. The van der Waals surface area contributed by atoms with Gasteiger partial charge in [0.05, 0.1) is 5.56 Å². The minimum Gasteiger partial charge on any atom is -0.481 e. The summed E-state index contributed by atoms with van der Waals surface area (Å²) in [5.41, 5.74) is 6.68. The van der Waals surface area contributed by atoms with Crippen molar-refractivity contribution in [1.82, 2.24) is 4.90 Å². The van der Waals surface area contributed by atoms with Crippen LogP contribution in [-0.4, -0.2) is 40.1 Å². The standard InChI is InChI=1S/C25H31NO4.C16H22/c1-18-7-2-3-8-19(18)14-16-26(15-5-4-11-24(27)28)23-10-6-9-20-17-21(25(29)30)12-13-22(20)23;1-2-14-8-10-16(11-9-14)13-12-15-6-4-3-5-7-15/h2-3,7-8,12-13,17,23H,4-6,9-11,14-16H2,1H3,(H,27,28)(H,29,30);3-7,12-14,16H,2,8-11H2,1H3/b;13-12+. The Labute approximate surface area is 276 Å². The highest BCUT2D eigenvalue weighted by molar-refractivity contribution is 5.88. The molecule has 1 saturated carbocycles. The number of nitrogens with zero attached hydrogens (tertiary/aromatic N) is 1. The van der Waals surface area contributed by atoms with Gasteiger partial charge in [0.2, 0.25) is 0 Å². The number of aliphatic carboxylic acids is 1. The Morgan fingerprint density at radius 2 is 1.61 bits per heavy atom. The number of carboxylic acid groups (broad SMARTS) is 2. The predicted octanol–water partition coefficient (Wildman–Crippen LogP) is 9.79. The topological polar surface area (TPSA) is 77.8 Å². The van der Waals surface area contributed by atoms with Gasteiger partial charge >= 0.3 is 11.9 Å². The molecule has 5 nitrogen and oxygen atoms in total. The molecule has 3 aromatic rings. The molecule has 0 heterocycles. The highest BCUT2D eigenvalue weighted by Gasteiger charge is 2.26. The molecule has 5 rings (SSSR count). The lowest BCUT2D eigenvalue weighted by molar-refractivity contribution is -0.137. The first-order valence-electron chi connectivity index (χ1n) is 17.4. The average molecular weight is 624 g/mol. The molecule has 0 radical (unpaired) electrons. The Kier molecular flexibility index (Phi) is 14.1. The van der Waals surface area contributed by atoms with E-state index in [0.717, 1.165) is 62.6 Å². The first-order chi connectivity index (χ1) is 22.3. The lowest BCUT2D eigenvalue weighted by Crippen LogP contribution is -2.34. The summed E-state index contributed by atoms with van der Waals surface area (Å²) in [6, 6.07) is 24.8. The maximum Gasteiger partial charge on any atom is 0.335 e. The number of aryl methyl sites for hydroxylation is 2. The molecular formula is C41H53NO4. The van der Waals surface area contributed by atoms with Crippen LogP contribution in [0.5, 0.6) is 0 Å². The SMILES string of the molecule is CCC1CCC(/C=C/c2ccccc2)CC1.Cc1ccccc1CCN(CCCCC(=O)O)C1CCCc2cc(C(=O)O)ccc21. The van der Waals surface area contributed by atoms with E-state index in [-0.39, 0.29) is 12.5 Å². The summed E-state index contributed by atoms with van der Waals surface area (Å²) in [5.74, 6) is 0.194. The maximum atomic E-state index is 11.4. The number of aromatic carboxylic acids is 1. The first kappa shape index (κ1) is 35.2. The minimum absolute atomic E-state index is 0.203. The fourth-order valence-electron chi connectivity index (χ4n) is 7.07. The molecule has 0 bridgehead atoms. The van der Waals surface area contributed by atoms with Gasteiger partial charge in [-0.15, -0.1) is 0 Å². The van der Waals surface area contributed by atoms with Gasteiger partial charge in [-0.05, 0) is 129 Å². The fraction of sp³-hybridized carbons (Fsp3) is 0.463. The van der Waals surface area contributed by atoms with Crippen LogP contribution < -0.4 is 0 Å². The number of rotatable bonds is 13. The van der Waals surface area contributed by atoms with E-state index in [1.54, 1.807) is 6.07 Å². The van der Waals surface area contributed by atoms with Crippen molar-refractivity contribution in [1.29, 1.82) is 0 Å². The Morgan fingerprint density at radius 3 is 2.30 bits per heavy atom. The van der Waals surface area contributed by atoms with E-state index in [1.807, 2.05) is 12.1 Å². The molecule has 2 N–H and O–H groups in total. The zero-order valence-electron chi connectivity index (χ0n) is 27.9. The first-order valence-corrected chi connectivity index (χ1v) is 17.4. The van der Waals surface area contributed by atoms with Crippen molar-refractivity contribution in [2.24, 2.45) is 11.8 Å². The Bertz CT molecular complexity index is 1410. The van der Waals surface area contributed by atoms with E-state index >= 15 is 0 Å². The Balaban J connectivity index is 0.000000252. The van der Waals surface area contributed by atoms with Crippen LogP contribution >= 0.6 is 0 Å². The average Bonchev–Trinajstić information content (AvgIpc) is 3.08. The smallest absolute Gasteiger partial charge is 0.335 e. The van der Waals surface area contributed by atoms with E-state index in [2.05, 4.69) is 85.5 Å². The lowest BCUT2D eigenvalue weighted by atomic mass is 9.80. The van der Waals surface area contributed by atoms with Crippen molar-refractivity contribution < 1.29 is 19.8 Å². The Morgan fingerprint density at radius 1 is 0.870 bits per heavy atom. The summed E-state index contributed by atoms with van der Waals surface area (Å²) in [6.07, 6.45) is 17.4. The molecule has 1 unspecified atom stereocenters. The van der Waals surface area contributed by atoms with Gasteiger partial charge in [-0.1, -0.05) is 86.2 Å². The molecule has 46 heavy (non-hydrogen) atoms. The number of fused-ring (bicyclic) bond motifs is 1. The quantitative estimate of drug-likeness (QED) is 0.185. The van der Waals surface area contributed by atoms with Gasteiger partial charge in [-0.25, -0.2) is 4.79 Å². The minimum atomic E-state index is -0.884. The van der Waals surface area contributed by atoms with Crippen molar-refractivity contribution in [2.45, 2.75) is 96.9 Å². The number of allylic oxidation sites excluding steroid dienone is 1. The highest BCUT2D eigenvalue weighted by atomic mass is 16.4. The molecule has 2 aliphatic rings. The summed E-state index contributed by atoms with van der Waals surface area (Å²) in [7, 11) is 0. The van der Waals surface area contributed by atoms with Crippen LogP contribution in [0.4, 0.5) is 0 Å². The third-order valence-corrected chi connectivity index (χ3v) is 9.96. The second-order valence-electron chi connectivity index (χ2n) is 13.1. The zero-order valence-corrected chi connectivity index (χ0v) is 27.9. The number of hydrogen-bond donors (Lipinski definition) is 2. The molecule has 2 aliphatic carbocycles. The molecule has 3 aromatic carbocycles. The van der Waals surface area contributed by atoms with E-state index in [0.29, 0.717) is 12.0 Å². The molecule has 0 amide bonds. The third kappa shape index (κ3) is 11.0. The van der Waals surface area contributed by atoms with Gasteiger partial charge in [-0.2, -0.15) is 0 Å². The molecule has 0 spiro atoms. The van der Waals surface area contributed by atoms with Crippen LogP contribution in [0.25, 0.3) is 6.08 Å². The molecule has 0 saturated heterocycles. The van der Waals surface area contributed by atoms with Crippen molar-refractivity contribution in [3.63, 3.8) is 0 Å². The number of unbranched alkanes of at least 4 members (excludes halogenated alkanes) is 1. The van der Waals surface area contributed by atoms with Crippen molar-refractivity contribution >= 4 is 18.0 Å². The maximum absolute atomic E-state index is 11.4. The number of hydrogen-bond acceptors (Lipinski definition) is 3. The van der Waals surface area contributed by atoms with Gasteiger partial charge < -0.3 is 10.2 Å². The summed E-state index contributed by atoms with van der Waals surface area (Å²) in [6.45, 7) is 6.22. The van der Waals surface area contributed by atoms with Gasteiger partial charge in [0, 0.05) is 19.0 Å². The summed E-state index contributed by atoms with van der Waals surface area (Å²) >= 11 is 0. The zero-order chi connectivity index (χ0) is 32.7. The van der Waals surface area contributed by atoms with Crippen LogP contribution in [0.3, 0.4) is 0 Å². The molecule has 1 atom stereocenters.